The minimum atomic E-state index is -0.473. The van der Waals surface area contributed by atoms with Gasteiger partial charge in [0, 0.05) is 13.8 Å². The van der Waals surface area contributed by atoms with Gasteiger partial charge in [0.05, 0.1) is 0 Å². The van der Waals surface area contributed by atoms with E-state index >= 15 is 0 Å². The van der Waals surface area contributed by atoms with Crippen LogP contribution < -0.4 is 9.47 Å². The number of carbonyl (C=O) groups is 2. The maximum atomic E-state index is 11.0. The molecule has 0 saturated heterocycles. The van der Waals surface area contributed by atoms with Crippen LogP contribution >= 0.6 is 0 Å². The largest absolute Gasteiger partial charge is 0.423 e. The standard InChI is InChI=1S/C13H14O4/c1-5-11-6-8(2)13(17-10(4)15)12(7-11)16-9(3)14/h5-7H,1H2,2-4H3. The van der Waals surface area contributed by atoms with E-state index in [9.17, 15) is 9.59 Å². The minimum Gasteiger partial charge on any atom is -0.423 e. The molecule has 0 bridgehead atoms. The number of benzene rings is 1. The number of ether oxygens (including phenoxy) is 2. The molecule has 0 spiro atoms. The Bertz CT molecular complexity index is 475. The van der Waals surface area contributed by atoms with Gasteiger partial charge in [-0.2, -0.15) is 0 Å². The van der Waals surface area contributed by atoms with Gasteiger partial charge in [0.2, 0.25) is 0 Å². The number of rotatable bonds is 3. The summed E-state index contributed by atoms with van der Waals surface area (Å²) in [5.74, 6) is -0.451. The number of hydrogen-bond donors (Lipinski definition) is 0. The number of aryl methyl sites for hydroxylation is 1. The molecule has 0 aliphatic heterocycles. The molecule has 0 saturated carbocycles. The Balaban J connectivity index is 3.27. The third kappa shape index (κ3) is 3.45. The Kier molecular flexibility index (Phi) is 4.04. The van der Waals surface area contributed by atoms with E-state index in [1.165, 1.54) is 13.8 Å². The molecule has 0 atom stereocenters. The lowest BCUT2D eigenvalue weighted by Gasteiger charge is -2.12. The first-order valence-corrected chi connectivity index (χ1v) is 5.08. The molecule has 17 heavy (non-hydrogen) atoms. The summed E-state index contributed by atoms with van der Waals surface area (Å²) < 4.78 is 10.0. The Morgan fingerprint density at radius 2 is 1.76 bits per heavy atom. The van der Waals surface area contributed by atoms with Crippen LogP contribution in [-0.4, -0.2) is 11.9 Å². The van der Waals surface area contributed by atoms with Crippen LogP contribution in [0.15, 0.2) is 18.7 Å². The Morgan fingerprint density at radius 3 is 2.24 bits per heavy atom. The Labute approximate surface area is 99.8 Å². The third-order valence-corrected chi connectivity index (χ3v) is 2.00. The monoisotopic (exact) mass is 234 g/mol. The first-order valence-electron chi connectivity index (χ1n) is 5.08. The maximum Gasteiger partial charge on any atom is 0.308 e. The molecule has 0 amide bonds. The highest BCUT2D eigenvalue weighted by Gasteiger charge is 2.14. The average Bonchev–Trinajstić information content (AvgIpc) is 2.21. The summed E-state index contributed by atoms with van der Waals surface area (Å²) in [4.78, 5) is 21.9. The van der Waals surface area contributed by atoms with E-state index in [0.29, 0.717) is 5.56 Å². The zero-order chi connectivity index (χ0) is 13.0. The van der Waals surface area contributed by atoms with Crippen molar-refractivity contribution in [1.82, 2.24) is 0 Å². The molecule has 0 unspecified atom stereocenters. The molecule has 4 nitrogen and oxygen atoms in total. The molecule has 0 aromatic heterocycles. The van der Waals surface area contributed by atoms with Crippen molar-refractivity contribution in [3.63, 3.8) is 0 Å². The molecular formula is C13H14O4. The van der Waals surface area contributed by atoms with Crippen LogP contribution in [0.1, 0.15) is 25.0 Å². The lowest BCUT2D eigenvalue weighted by Crippen LogP contribution is -2.08. The van der Waals surface area contributed by atoms with E-state index < -0.39 is 11.9 Å². The van der Waals surface area contributed by atoms with Gasteiger partial charge in [-0.15, -0.1) is 0 Å². The summed E-state index contributed by atoms with van der Waals surface area (Å²) in [7, 11) is 0. The Hall–Kier alpha value is -2.10. The molecule has 0 heterocycles. The second-order valence-electron chi connectivity index (χ2n) is 3.56. The van der Waals surface area contributed by atoms with E-state index in [1.54, 1.807) is 25.1 Å². The first kappa shape index (κ1) is 13.0. The van der Waals surface area contributed by atoms with Gasteiger partial charge >= 0.3 is 11.9 Å². The summed E-state index contributed by atoms with van der Waals surface area (Å²) in [5, 5.41) is 0. The molecule has 1 aromatic rings. The van der Waals surface area contributed by atoms with E-state index in [2.05, 4.69) is 6.58 Å². The topological polar surface area (TPSA) is 52.6 Å². The number of hydrogen-bond acceptors (Lipinski definition) is 4. The molecule has 0 radical (unpaired) electrons. The fraction of sp³-hybridized carbons (Fsp3) is 0.231. The lowest BCUT2D eigenvalue weighted by molar-refractivity contribution is -0.134. The highest BCUT2D eigenvalue weighted by Crippen LogP contribution is 2.33. The van der Waals surface area contributed by atoms with E-state index in [4.69, 9.17) is 9.47 Å². The minimum absolute atomic E-state index is 0.225. The van der Waals surface area contributed by atoms with Crippen molar-refractivity contribution in [3.8, 4) is 11.5 Å². The van der Waals surface area contributed by atoms with Crippen molar-refractivity contribution in [2.75, 3.05) is 0 Å². The zero-order valence-corrected chi connectivity index (χ0v) is 10.1. The van der Waals surface area contributed by atoms with E-state index in [1.807, 2.05) is 0 Å². The second-order valence-corrected chi connectivity index (χ2v) is 3.56. The lowest BCUT2D eigenvalue weighted by atomic mass is 10.1. The normalized spacial score (nSPS) is 9.59. The average molecular weight is 234 g/mol. The van der Waals surface area contributed by atoms with Gasteiger partial charge in [-0.05, 0) is 30.2 Å². The zero-order valence-electron chi connectivity index (χ0n) is 10.1. The molecule has 1 rings (SSSR count). The summed E-state index contributed by atoms with van der Waals surface area (Å²) >= 11 is 0. The molecular weight excluding hydrogens is 220 g/mol. The van der Waals surface area contributed by atoms with Gasteiger partial charge in [0.25, 0.3) is 0 Å². The van der Waals surface area contributed by atoms with Crippen molar-refractivity contribution in [1.29, 1.82) is 0 Å². The summed E-state index contributed by atoms with van der Waals surface area (Å²) in [6.07, 6.45) is 1.62. The van der Waals surface area contributed by atoms with Crippen LogP contribution in [0.25, 0.3) is 6.08 Å². The first-order chi connectivity index (χ1) is 7.93. The number of carbonyl (C=O) groups excluding carboxylic acids is 2. The van der Waals surface area contributed by atoms with Crippen molar-refractivity contribution < 1.29 is 19.1 Å². The smallest absolute Gasteiger partial charge is 0.308 e. The predicted octanol–water partition coefficient (Wildman–Crippen LogP) is 2.49. The predicted molar refractivity (Wildman–Crippen MR) is 63.9 cm³/mol. The van der Waals surface area contributed by atoms with Crippen LogP contribution in [0.5, 0.6) is 11.5 Å². The molecule has 1 aromatic carbocycles. The second kappa shape index (κ2) is 5.30. The quantitative estimate of drug-likeness (QED) is 0.595. The Morgan fingerprint density at radius 1 is 1.18 bits per heavy atom. The van der Waals surface area contributed by atoms with Crippen molar-refractivity contribution in [2.45, 2.75) is 20.8 Å². The van der Waals surface area contributed by atoms with Gasteiger partial charge in [-0.1, -0.05) is 12.7 Å². The van der Waals surface area contributed by atoms with E-state index in [-0.39, 0.29) is 11.5 Å². The van der Waals surface area contributed by atoms with Crippen molar-refractivity contribution in [3.05, 3.63) is 29.8 Å². The highest BCUT2D eigenvalue weighted by atomic mass is 16.6. The highest BCUT2D eigenvalue weighted by molar-refractivity contribution is 5.75. The van der Waals surface area contributed by atoms with Crippen LogP contribution in [-0.2, 0) is 9.59 Å². The van der Waals surface area contributed by atoms with Crippen LogP contribution in [0.2, 0.25) is 0 Å². The molecule has 0 N–H and O–H groups in total. The number of esters is 2. The van der Waals surface area contributed by atoms with Gasteiger partial charge in [0.1, 0.15) is 0 Å². The third-order valence-electron chi connectivity index (χ3n) is 2.00. The van der Waals surface area contributed by atoms with Crippen LogP contribution in [0.3, 0.4) is 0 Å². The van der Waals surface area contributed by atoms with Gasteiger partial charge < -0.3 is 9.47 Å². The molecule has 4 heteroatoms. The van der Waals surface area contributed by atoms with Crippen molar-refractivity contribution >= 4 is 18.0 Å². The van der Waals surface area contributed by atoms with Gasteiger partial charge in [-0.3, -0.25) is 9.59 Å². The van der Waals surface area contributed by atoms with Crippen molar-refractivity contribution in [2.24, 2.45) is 0 Å². The molecule has 90 valence electrons. The van der Waals surface area contributed by atoms with Gasteiger partial charge in [0.15, 0.2) is 11.5 Å². The SMILES string of the molecule is C=Cc1cc(C)c(OC(C)=O)c(OC(C)=O)c1. The van der Waals surface area contributed by atoms with Gasteiger partial charge in [-0.25, -0.2) is 0 Å². The van der Waals surface area contributed by atoms with Crippen LogP contribution in [0, 0.1) is 6.92 Å². The van der Waals surface area contributed by atoms with E-state index in [0.717, 1.165) is 5.56 Å². The maximum absolute atomic E-state index is 11.0. The molecule has 0 aliphatic carbocycles. The fourth-order valence-corrected chi connectivity index (χ4v) is 1.39. The summed E-state index contributed by atoms with van der Waals surface area (Å²) in [5.41, 5.74) is 1.49. The van der Waals surface area contributed by atoms with Crippen LogP contribution in [0.4, 0.5) is 0 Å². The molecule has 0 aliphatic rings. The summed E-state index contributed by atoms with van der Waals surface area (Å²) in [6, 6.07) is 3.39. The summed E-state index contributed by atoms with van der Waals surface area (Å²) in [6.45, 7) is 7.97. The molecule has 0 fully saturated rings. The fourth-order valence-electron chi connectivity index (χ4n) is 1.39.